The number of piperazine rings is 2. The lowest BCUT2D eigenvalue weighted by Crippen LogP contribution is -2.51. The molecule has 238 valence electrons. The monoisotopic (exact) mass is 644 g/mol. The fraction of sp³-hybridized carbons (Fsp3) is 0.517. The molecule has 6 rings (SSSR count). The molecule has 0 unspecified atom stereocenters. The lowest BCUT2D eigenvalue weighted by atomic mass is 9.95. The van der Waals surface area contributed by atoms with Gasteiger partial charge in [-0.25, -0.2) is 22.4 Å². The minimum Gasteiger partial charge on any atom is -0.351 e. The van der Waals surface area contributed by atoms with Gasteiger partial charge in [-0.05, 0) is 25.1 Å². The summed E-state index contributed by atoms with van der Waals surface area (Å²) < 4.78 is 100. The van der Waals surface area contributed by atoms with Gasteiger partial charge in [0.1, 0.15) is 17.5 Å². The van der Waals surface area contributed by atoms with Crippen LogP contribution in [0.1, 0.15) is 18.5 Å². The highest BCUT2D eigenvalue weighted by molar-refractivity contribution is 7.99. The molecule has 2 atom stereocenters. The van der Waals surface area contributed by atoms with Crippen LogP contribution in [-0.4, -0.2) is 96.5 Å². The summed E-state index contributed by atoms with van der Waals surface area (Å²) in [5, 5.41) is 3.36. The molecule has 1 N–H and O–H groups in total. The molecule has 3 aromatic rings. The van der Waals surface area contributed by atoms with E-state index in [4.69, 9.17) is 0 Å². The second-order valence-corrected chi connectivity index (χ2v) is 12.5. The minimum absolute atomic E-state index is 0.0851. The molecule has 0 radical (unpaired) electrons. The van der Waals surface area contributed by atoms with E-state index < -0.39 is 52.7 Å². The van der Waals surface area contributed by atoms with E-state index in [1.165, 1.54) is 4.57 Å². The van der Waals surface area contributed by atoms with Crippen molar-refractivity contribution in [1.82, 2.24) is 24.7 Å². The van der Waals surface area contributed by atoms with Crippen LogP contribution in [0.5, 0.6) is 0 Å². The zero-order chi connectivity index (χ0) is 31.3. The van der Waals surface area contributed by atoms with Crippen molar-refractivity contribution >= 4 is 28.5 Å². The van der Waals surface area contributed by atoms with Crippen LogP contribution in [0.3, 0.4) is 0 Å². The van der Waals surface area contributed by atoms with Crippen molar-refractivity contribution in [3.63, 3.8) is 0 Å². The summed E-state index contributed by atoms with van der Waals surface area (Å²) in [4.78, 5) is 23.8. The summed E-state index contributed by atoms with van der Waals surface area (Å²) in [5.41, 5.74) is -2.35. The Bertz CT molecular complexity index is 1610. The molecule has 44 heavy (non-hydrogen) atoms. The van der Waals surface area contributed by atoms with Crippen molar-refractivity contribution in [2.45, 2.75) is 36.5 Å². The average molecular weight is 645 g/mol. The van der Waals surface area contributed by atoms with Crippen LogP contribution < -0.4 is 15.9 Å². The van der Waals surface area contributed by atoms with Gasteiger partial charge in [0, 0.05) is 91.6 Å². The van der Waals surface area contributed by atoms with Gasteiger partial charge in [0.25, 0.3) is 6.43 Å². The van der Waals surface area contributed by atoms with Gasteiger partial charge < -0.3 is 10.2 Å². The molecular formula is C29H31F7N6OS. The number of nitrogens with one attached hydrogen (secondary N) is 1. The van der Waals surface area contributed by atoms with Crippen LogP contribution in [0.15, 0.2) is 34.0 Å². The SMILES string of the molecule is C[C@H]1CNCCN1c1nc(=O)n2c3c(c(-c4ccc(F)cc4F)c(C(F)(F)F)cc13)SC[C@@H]2CN1CCN(CC(F)F)CC1. The predicted molar refractivity (Wildman–Crippen MR) is 155 cm³/mol. The fourth-order valence-electron chi connectivity index (χ4n) is 6.43. The highest BCUT2D eigenvalue weighted by Gasteiger charge is 2.40. The van der Waals surface area contributed by atoms with Crippen LogP contribution in [0.4, 0.5) is 36.6 Å². The van der Waals surface area contributed by atoms with Crippen molar-refractivity contribution in [2.24, 2.45) is 0 Å². The molecule has 2 fully saturated rings. The molecule has 0 amide bonds. The van der Waals surface area contributed by atoms with E-state index >= 15 is 4.39 Å². The van der Waals surface area contributed by atoms with Crippen molar-refractivity contribution < 1.29 is 30.7 Å². The van der Waals surface area contributed by atoms with Crippen LogP contribution in [0, 0.1) is 11.6 Å². The molecule has 0 aliphatic carbocycles. The number of alkyl halides is 5. The predicted octanol–water partition coefficient (Wildman–Crippen LogP) is 4.69. The highest BCUT2D eigenvalue weighted by Crippen LogP contribution is 2.50. The van der Waals surface area contributed by atoms with Crippen molar-refractivity contribution in [3.8, 4) is 11.1 Å². The first-order valence-corrected chi connectivity index (χ1v) is 15.4. The largest absolute Gasteiger partial charge is 0.417 e. The van der Waals surface area contributed by atoms with E-state index in [0.717, 1.165) is 30.0 Å². The van der Waals surface area contributed by atoms with Crippen LogP contribution >= 0.6 is 11.8 Å². The third-order valence-corrected chi connectivity index (χ3v) is 9.78. The van der Waals surface area contributed by atoms with E-state index in [9.17, 15) is 31.1 Å². The zero-order valence-corrected chi connectivity index (χ0v) is 24.6. The number of nitrogens with zero attached hydrogens (tertiary/aromatic N) is 5. The van der Waals surface area contributed by atoms with Gasteiger partial charge in [-0.2, -0.15) is 18.2 Å². The number of hydrogen-bond donors (Lipinski definition) is 1. The highest BCUT2D eigenvalue weighted by atomic mass is 32.2. The zero-order valence-electron chi connectivity index (χ0n) is 23.8. The van der Waals surface area contributed by atoms with Gasteiger partial charge in [0.15, 0.2) is 0 Å². The first kappa shape index (κ1) is 31.1. The van der Waals surface area contributed by atoms with E-state index in [-0.39, 0.29) is 40.0 Å². The van der Waals surface area contributed by atoms with E-state index in [1.807, 2.05) is 16.7 Å². The summed E-state index contributed by atoms with van der Waals surface area (Å²) in [6.45, 7) is 5.24. The lowest BCUT2D eigenvalue weighted by molar-refractivity contribution is -0.137. The maximum Gasteiger partial charge on any atom is 0.417 e. The summed E-state index contributed by atoms with van der Waals surface area (Å²) >= 11 is 1.10. The Labute approximate surface area is 253 Å². The Morgan fingerprint density at radius 1 is 1.07 bits per heavy atom. The molecule has 3 aliphatic rings. The van der Waals surface area contributed by atoms with E-state index in [0.29, 0.717) is 58.4 Å². The molecule has 2 saturated heterocycles. The quantitative estimate of drug-likeness (QED) is 0.391. The maximum atomic E-state index is 15.2. The molecule has 0 saturated carbocycles. The molecular weight excluding hydrogens is 613 g/mol. The third kappa shape index (κ3) is 5.90. The fourth-order valence-corrected chi connectivity index (χ4v) is 7.75. The topological polar surface area (TPSA) is 56.6 Å². The number of benzene rings is 2. The first-order valence-electron chi connectivity index (χ1n) is 14.4. The molecule has 2 aromatic carbocycles. The van der Waals surface area contributed by atoms with Gasteiger partial charge >= 0.3 is 11.9 Å². The van der Waals surface area contributed by atoms with Crippen molar-refractivity contribution in [2.75, 3.05) is 69.6 Å². The number of anilines is 1. The maximum absolute atomic E-state index is 15.2. The summed E-state index contributed by atoms with van der Waals surface area (Å²) in [7, 11) is 0. The smallest absolute Gasteiger partial charge is 0.351 e. The molecule has 15 heteroatoms. The summed E-state index contributed by atoms with van der Waals surface area (Å²) in [5.74, 6) is -1.74. The van der Waals surface area contributed by atoms with Crippen LogP contribution in [0.2, 0.25) is 0 Å². The van der Waals surface area contributed by atoms with E-state index in [2.05, 4.69) is 10.3 Å². The Kier molecular flexibility index (Phi) is 8.58. The average Bonchev–Trinajstić information content (AvgIpc) is 2.96. The summed E-state index contributed by atoms with van der Waals surface area (Å²) in [6, 6.07) is 2.73. The van der Waals surface area contributed by atoms with Gasteiger partial charge in [-0.15, -0.1) is 11.8 Å². The molecule has 7 nitrogen and oxygen atoms in total. The number of aromatic nitrogens is 2. The van der Waals surface area contributed by atoms with Crippen LogP contribution in [0.25, 0.3) is 22.0 Å². The van der Waals surface area contributed by atoms with Crippen molar-refractivity contribution in [3.05, 3.63) is 51.9 Å². The molecule has 3 aliphatic heterocycles. The number of thioether (sulfide) groups is 1. The molecule has 0 bridgehead atoms. The molecule has 1 aromatic heterocycles. The Morgan fingerprint density at radius 2 is 1.80 bits per heavy atom. The number of hydrogen-bond acceptors (Lipinski definition) is 7. The number of halogens is 7. The van der Waals surface area contributed by atoms with Gasteiger partial charge in [0.2, 0.25) is 0 Å². The second-order valence-electron chi connectivity index (χ2n) is 11.4. The number of rotatable bonds is 6. The Morgan fingerprint density at radius 3 is 2.45 bits per heavy atom. The normalized spacial score (nSPS) is 21.9. The Hall–Kier alpha value is -2.88. The summed E-state index contributed by atoms with van der Waals surface area (Å²) in [6.07, 6.45) is -7.34. The molecule has 4 heterocycles. The third-order valence-electron chi connectivity index (χ3n) is 8.54. The van der Waals surface area contributed by atoms with Gasteiger partial charge in [-0.3, -0.25) is 14.4 Å². The Balaban J connectivity index is 1.53. The van der Waals surface area contributed by atoms with Gasteiger partial charge in [-0.1, -0.05) is 0 Å². The van der Waals surface area contributed by atoms with Crippen LogP contribution in [-0.2, 0) is 6.18 Å². The van der Waals surface area contributed by atoms with Crippen molar-refractivity contribution in [1.29, 1.82) is 0 Å². The first-order chi connectivity index (χ1) is 20.9. The molecule has 0 spiro atoms. The lowest BCUT2D eigenvalue weighted by Gasteiger charge is -2.39. The standard InChI is InChI=1S/C29H31F7N6OS/c1-16-12-37-4-5-41(16)27-20-11-21(29(34,35)36)24(19-3-2-17(30)10-22(19)31)26-25(20)42(28(43)38-27)18(15-44-26)13-39-6-8-40(9-7-39)14-23(32)33/h2-3,10-11,16,18,23,37H,4-9,12-15H2,1H3/t16-,18-/m0/s1. The van der Waals surface area contributed by atoms with Gasteiger partial charge in [0.05, 0.1) is 23.7 Å². The minimum atomic E-state index is -4.90. The van der Waals surface area contributed by atoms with E-state index in [1.54, 1.807) is 4.90 Å². The second kappa shape index (κ2) is 12.1.